The molecule has 0 heterocycles. The predicted molar refractivity (Wildman–Crippen MR) is 84.7 cm³/mol. The first-order chi connectivity index (χ1) is 10.2. The van der Waals surface area contributed by atoms with Gasteiger partial charge < -0.3 is 15.2 Å². The molecule has 1 aromatic rings. The van der Waals surface area contributed by atoms with Crippen LogP contribution in [0.1, 0.15) is 32.8 Å². The summed E-state index contributed by atoms with van der Waals surface area (Å²) in [5.74, 6) is -1.12. The molecule has 1 rings (SSSR count). The van der Waals surface area contributed by atoms with Gasteiger partial charge in [-0.2, -0.15) is 0 Å². The molecule has 22 heavy (non-hydrogen) atoms. The zero-order chi connectivity index (χ0) is 16.8. The van der Waals surface area contributed by atoms with E-state index in [1.54, 1.807) is 20.8 Å². The van der Waals surface area contributed by atoms with E-state index in [1.165, 1.54) is 6.08 Å². The van der Waals surface area contributed by atoms with Crippen molar-refractivity contribution < 1.29 is 19.4 Å². The molecule has 0 aliphatic heterocycles. The van der Waals surface area contributed by atoms with Crippen molar-refractivity contribution in [1.82, 2.24) is 5.32 Å². The van der Waals surface area contributed by atoms with Crippen LogP contribution in [0.5, 0.6) is 0 Å². The SMILES string of the molecule is C=CC[C@@](Cc1ccccc1)(NC(=O)OC(C)(C)C)C(=O)O. The average Bonchev–Trinajstić information content (AvgIpc) is 2.37. The van der Waals surface area contributed by atoms with E-state index in [4.69, 9.17) is 4.74 Å². The normalized spacial score (nSPS) is 13.8. The summed E-state index contributed by atoms with van der Waals surface area (Å²) in [6.45, 7) is 8.76. The highest BCUT2D eigenvalue weighted by atomic mass is 16.6. The number of hydrogen-bond donors (Lipinski definition) is 2. The van der Waals surface area contributed by atoms with Gasteiger partial charge in [0.2, 0.25) is 0 Å². The first-order valence-corrected chi connectivity index (χ1v) is 7.08. The number of carbonyl (C=O) groups is 2. The predicted octanol–water partition coefficient (Wildman–Crippen LogP) is 3.15. The third kappa shape index (κ3) is 5.24. The molecule has 0 unspecified atom stereocenters. The summed E-state index contributed by atoms with van der Waals surface area (Å²) < 4.78 is 5.18. The molecular weight excluding hydrogens is 282 g/mol. The van der Waals surface area contributed by atoms with Gasteiger partial charge in [0, 0.05) is 6.42 Å². The van der Waals surface area contributed by atoms with Crippen LogP contribution in [0.15, 0.2) is 43.0 Å². The van der Waals surface area contributed by atoms with E-state index in [0.717, 1.165) is 5.56 Å². The van der Waals surface area contributed by atoms with Gasteiger partial charge in [-0.05, 0) is 32.8 Å². The van der Waals surface area contributed by atoms with Gasteiger partial charge in [0.1, 0.15) is 11.1 Å². The van der Waals surface area contributed by atoms with Crippen LogP contribution >= 0.6 is 0 Å². The molecule has 0 aromatic heterocycles. The van der Waals surface area contributed by atoms with Gasteiger partial charge in [-0.25, -0.2) is 9.59 Å². The van der Waals surface area contributed by atoms with Crippen LogP contribution in [-0.4, -0.2) is 28.3 Å². The number of carboxylic acid groups (broad SMARTS) is 1. The number of ether oxygens (including phenoxy) is 1. The van der Waals surface area contributed by atoms with E-state index in [-0.39, 0.29) is 12.8 Å². The molecule has 0 aliphatic rings. The van der Waals surface area contributed by atoms with Crippen LogP contribution < -0.4 is 5.32 Å². The molecule has 1 amide bonds. The number of carbonyl (C=O) groups excluding carboxylic acids is 1. The monoisotopic (exact) mass is 305 g/mol. The smallest absolute Gasteiger partial charge is 0.408 e. The highest BCUT2D eigenvalue weighted by Gasteiger charge is 2.40. The third-order valence-electron chi connectivity index (χ3n) is 2.99. The molecule has 5 heteroatoms. The number of alkyl carbamates (subject to hydrolysis) is 1. The van der Waals surface area contributed by atoms with Gasteiger partial charge in [0.05, 0.1) is 0 Å². The minimum absolute atomic E-state index is 0.0937. The number of rotatable bonds is 6. The molecule has 0 spiro atoms. The Hall–Kier alpha value is -2.30. The Labute approximate surface area is 131 Å². The molecule has 0 aliphatic carbocycles. The average molecular weight is 305 g/mol. The van der Waals surface area contributed by atoms with Crippen molar-refractivity contribution in [3.8, 4) is 0 Å². The maximum atomic E-state index is 12.0. The van der Waals surface area contributed by atoms with Gasteiger partial charge in [-0.3, -0.25) is 0 Å². The van der Waals surface area contributed by atoms with Crippen LogP contribution in [0, 0.1) is 0 Å². The second-order valence-corrected chi connectivity index (χ2v) is 6.17. The quantitative estimate of drug-likeness (QED) is 0.792. The van der Waals surface area contributed by atoms with Gasteiger partial charge in [0.25, 0.3) is 0 Å². The molecule has 0 saturated heterocycles. The molecule has 0 bridgehead atoms. The number of amides is 1. The Kier molecular flexibility index (Phi) is 5.74. The molecule has 0 radical (unpaired) electrons. The van der Waals surface area contributed by atoms with E-state index in [9.17, 15) is 14.7 Å². The zero-order valence-corrected chi connectivity index (χ0v) is 13.3. The number of carboxylic acids is 1. The summed E-state index contributed by atoms with van der Waals surface area (Å²) in [4.78, 5) is 23.8. The second kappa shape index (κ2) is 7.11. The van der Waals surface area contributed by atoms with E-state index >= 15 is 0 Å². The van der Waals surface area contributed by atoms with Crippen molar-refractivity contribution in [2.75, 3.05) is 0 Å². The standard InChI is InChI=1S/C17H23NO4/c1-5-11-17(14(19)20,12-13-9-7-6-8-10-13)18-15(21)22-16(2,3)4/h5-10H,1,11-12H2,2-4H3,(H,18,21)(H,19,20)/t17-/m0/s1. The molecule has 0 fully saturated rings. The van der Waals surface area contributed by atoms with Crippen LogP contribution in [0.3, 0.4) is 0 Å². The van der Waals surface area contributed by atoms with Crippen molar-refractivity contribution in [2.24, 2.45) is 0 Å². The summed E-state index contributed by atoms with van der Waals surface area (Å²) in [6.07, 6.45) is 0.965. The Morgan fingerprint density at radius 1 is 1.27 bits per heavy atom. The fourth-order valence-corrected chi connectivity index (χ4v) is 2.07. The molecule has 120 valence electrons. The molecule has 2 N–H and O–H groups in total. The maximum absolute atomic E-state index is 12.0. The van der Waals surface area contributed by atoms with Crippen LogP contribution in [0.25, 0.3) is 0 Å². The molecule has 0 saturated carbocycles. The largest absolute Gasteiger partial charge is 0.479 e. The number of hydrogen-bond acceptors (Lipinski definition) is 3. The highest BCUT2D eigenvalue weighted by Crippen LogP contribution is 2.20. The highest BCUT2D eigenvalue weighted by molar-refractivity contribution is 5.85. The lowest BCUT2D eigenvalue weighted by Crippen LogP contribution is -2.56. The van der Waals surface area contributed by atoms with Crippen LogP contribution in [0.2, 0.25) is 0 Å². The number of aliphatic carboxylic acids is 1. The van der Waals surface area contributed by atoms with Crippen molar-refractivity contribution in [3.63, 3.8) is 0 Å². The van der Waals surface area contributed by atoms with Gasteiger partial charge in [-0.15, -0.1) is 6.58 Å². The molecule has 1 atom stereocenters. The van der Waals surface area contributed by atoms with E-state index in [1.807, 2.05) is 30.3 Å². The minimum Gasteiger partial charge on any atom is -0.479 e. The maximum Gasteiger partial charge on any atom is 0.408 e. The van der Waals surface area contributed by atoms with Gasteiger partial charge in [0.15, 0.2) is 0 Å². The Bertz CT molecular complexity index is 533. The summed E-state index contributed by atoms with van der Waals surface area (Å²) >= 11 is 0. The zero-order valence-electron chi connectivity index (χ0n) is 13.3. The summed E-state index contributed by atoms with van der Waals surface area (Å²) in [5, 5.41) is 12.1. The van der Waals surface area contributed by atoms with Crippen LogP contribution in [-0.2, 0) is 16.0 Å². The van der Waals surface area contributed by atoms with E-state index in [2.05, 4.69) is 11.9 Å². The van der Waals surface area contributed by atoms with E-state index in [0.29, 0.717) is 0 Å². The van der Waals surface area contributed by atoms with Crippen molar-refractivity contribution in [3.05, 3.63) is 48.6 Å². The van der Waals surface area contributed by atoms with E-state index < -0.39 is 23.2 Å². The first kappa shape index (κ1) is 17.8. The Morgan fingerprint density at radius 2 is 1.86 bits per heavy atom. The molecule has 5 nitrogen and oxygen atoms in total. The fourth-order valence-electron chi connectivity index (χ4n) is 2.07. The fraction of sp³-hybridized carbons (Fsp3) is 0.412. The first-order valence-electron chi connectivity index (χ1n) is 7.08. The number of benzene rings is 1. The second-order valence-electron chi connectivity index (χ2n) is 6.17. The summed E-state index contributed by atoms with van der Waals surface area (Å²) in [5.41, 5.74) is -1.37. The molecule has 1 aromatic carbocycles. The Morgan fingerprint density at radius 3 is 2.32 bits per heavy atom. The third-order valence-corrected chi connectivity index (χ3v) is 2.99. The van der Waals surface area contributed by atoms with Crippen molar-refractivity contribution >= 4 is 12.1 Å². The summed E-state index contributed by atoms with van der Waals surface area (Å²) in [6, 6.07) is 9.13. The molecular formula is C17H23NO4. The lowest BCUT2D eigenvalue weighted by Gasteiger charge is -2.31. The summed E-state index contributed by atoms with van der Waals surface area (Å²) in [7, 11) is 0. The lowest BCUT2D eigenvalue weighted by molar-refractivity contribution is -0.144. The topological polar surface area (TPSA) is 75.6 Å². The van der Waals surface area contributed by atoms with Crippen molar-refractivity contribution in [2.45, 2.75) is 44.8 Å². The van der Waals surface area contributed by atoms with Gasteiger partial charge in [-0.1, -0.05) is 36.4 Å². The lowest BCUT2D eigenvalue weighted by atomic mass is 9.87. The minimum atomic E-state index is -1.48. The van der Waals surface area contributed by atoms with Gasteiger partial charge >= 0.3 is 12.1 Å². The van der Waals surface area contributed by atoms with Crippen molar-refractivity contribution in [1.29, 1.82) is 0 Å². The number of nitrogens with one attached hydrogen (secondary N) is 1. The Balaban J connectivity index is 3.03. The van der Waals surface area contributed by atoms with Crippen LogP contribution in [0.4, 0.5) is 4.79 Å².